The summed E-state index contributed by atoms with van der Waals surface area (Å²) < 4.78 is 11.0. The number of Topliss-reactive ketones (excluding diaryl/α,β-unsaturated/α-hetero) is 1. The fraction of sp³-hybridized carbons (Fsp3) is 0.476. The summed E-state index contributed by atoms with van der Waals surface area (Å²) in [6.07, 6.45) is 11.6. The van der Waals surface area contributed by atoms with Gasteiger partial charge in [0.2, 0.25) is 0 Å². The quantitative estimate of drug-likeness (QED) is 0.0915. The van der Waals surface area contributed by atoms with E-state index in [9.17, 15) is 14.7 Å². The first kappa shape index (κ1) is 39.6. The number of fused-ring (bicyclic) bond motifs is 7. The Labute approximate surface area is 323 Å². The van der Waals surface area contributed by atoms with E-state index in [0.29, 0.717) is 53.2 Å². The Hall–Kier alpha value is -3.57. The van der Waals surface area contributed by atoms with Crippen molar-refractivity contribution in [3.05, 3.63) is 95.2 Å². The van der Waals surface area contributed by atoms with Crippen molar-refractivity contribution in [2.75, 3.05) is 13.7 Å². The summed E-state index contributed by atoms with van der Waals surface area (Å²) in [4.78, 5) is 42.9. The summed E-state index contributed by atoms with van der Waals surface area (Å²) >= 11 is 0. The van der Waals surface area contributed by atoms with E-state index in [1.807, 2.05) is 25.2 Å². The standard InChI is InChI=1S/C42H51N4O5.Mg/c1-10-13-21(4)16-17-51-35(47)15-14-28-24(7)31-18-29-22(5)26(11-2)33(43-29)19-30-23(6)27(12-3)34(44-30)20-32-25(8)36-40(46-32)37(39(28)45-31)38(41(36)48)42(49)50-9;/h16,18-20,24,28,35,38,47H,10-15,17H2,1-9H3,(H-,45,46,48);/q-3;+2/p-1/b21-16-,30-19-,31-18-,34-20-;/t24-,28-,35?,38+;/m0./s1. The molecule has 0 spiro atoms. The van der Waals surface area contributed by atoms with Gasteiger partial charge in [-0.25, -0.2) is 0 Å². The van der Waals surface area contributed by atoms with E-state index in [1.54, 1.807) is 0 Å². The molecule has 0 radical (unpaired) electrons. The number of aromatic nitrogens is 3. The minimum atomic E-state index is -1.18. The molecule has 0 saturated carbocycles. The molecule has 5 heterocycles. The summed E-state index contributed by atoms with van der Waals surface area (Å²) in [5.74, 6) is -2.48. The van der Waals surface area contributed by atoms with Gasteiger partial charge in [0.1, 0.15) is 5.92 Å². The molecule has 1 saturated heterocycles. The van der Waals surface area contributed by atoms with Crippen molar-refractivity contribution < 1.29 is 24.2 Å². The van der Waals surface area contributed by atoms with Crippen molar-refractivity contribution in [2.45, 2.75) is 100 Å². The summed E-state index contributed by atoms with van der Waals surface area (Å²) in [5, 5.41) is 17.8. The number of esters is 1. The van der Waals surface area contributed by atoms with Crippen LogP contribution in [0.15, 0.2) is 23.0 Å². The van der Waals surface area contributed by atoms with Crippen LogP contribution < -0.4 is 25.7 Å². The summed E-state index contributed by atoms with van der Waals surface area (Å²) in [6.45, 7) is 17.0. The van der Waals surface area contributed by atoms with Crippen LogP contribution in [0.1, 0.15) is 121 Å². The van der Waals surface area contributed by atoms with Crippen LogP contribution in [0.5, 0.6) is 0 Å². The zero-order chi connectivity index (χ0) is 36.7. The van der Waals surface area contributed by atoms with E-state index in [0.717, 1.165) is 75.7 Å². The third kappa shape index (κ3) is 7.07. The van der Waals surface area contributed by atoms with E-state index in [2.05, 4.69) is 54.5 Å². The van der Waals surface area contributed by atoms with Gasteiger partial charge in [-0.3, -0.25) is 9.59 Å². The number of allylic oxidation sites excluding steroid dienone is 3. The fourth-order valence-electron chi connectivity index (χ4n) is 8.07. The largest absolute Gasteiger partial charge is 2.00 e. The molecule has 2 aliphatic heterocycles. The number of aliphatic hydroxyl groups excluding tert-OH is 1. The molecule has 1 unspecified atom stereocenters. The third-order valence-electron chi connectivity index (χ3n) is 11.1. The minimum absolute atomic E-state index is 0. The maximum absolute atomic E-state index is 14.2. The number of aliphatic hydroxyl groups is 1. The average molecular weight is 715 g/mol. The summed E-state index contributed by atoms with van der Waals surface area (Å²) in [7, 11) is 1.30. The SMILES string of the molecule is CCC/C(C)=C\COC(O)CC[C@@H]1/C2=C3/c4[n-]c(c(C)c4C(=O)[C@@H]3C(=O)OC)/C=c3\[n-]/c(c(C)c3CC)=C\c3[n-]c(c(C)c3CC)/C=C(\[N-]2)[C@H]1C.[Mg+2]. The van der Waals surface area contributed by atoms with Gasteiger partial charge in [-0.05, 0) is 71.6 Å². The van der Waals surface area contributed by atoms with Gasteiger partial charge >= 0.3 is 29.0 Å². The van der Waals surface area contributed by atoms with Crippen molar-refractivity contribution in [3.63, 3.8) is 0 Å². The number of nitrogens with zero attached hydrogens (tertiary/aromatic N) is 4. The van der Waals surface area contributed by atoms with E-state index in [4.69, 9.17) is 29.7 Å². The Morgan fingerprint density at radius 2 is 1.63 bits per heavy atom. The number of carbonyl (C=O) groups excluding carboxylic acids is 2. The number of carbonyl (C=O) groups is 2. The molecule has 272 valence electrons. The predicted molar refractivity (Wildman–Crippen MR) is 205 cm³/mol. The van der Waals surface area contributed by atoms with Gasteiger partial charge in [0, 0.05) is 5.56 Å². The third-order valence-corrected chi connectivity index (χ3v) is 11.1. The van der Waals surface area contributed by atoms with E-state index in [1.165, 1.54) is 12.7 Å². The second-order valence-corrected chi connectivity index (χ2v) is 14.2. The molecule has 0 amide bonds. The number of rotatable bonds is 11. The van der Waals surface area contributed by atoms with Crippen LogP contribution in [0, 0.1) is 38.5 Å². The van der Waals surface area contributed by atoms with Crippen molar-refractivity contribution in [1.82, 2.24) is 15.0 Å². The van der Waals surface area contributed by atoms with Gasteiger partial charge in [0.15, 0.2) is 12.1 Å². The van der Waals surface area contributed by atoms with Gasteiger partial charge in [-0.15, -0.1) is 33.5 Å². The maximum atomic E-state index is 14.2. The van der Waals surface area contributed by atoms with Crippen LogP contribution in [0.2, 0.25) is 0 Å². The van der Waals surface area contributed by atoms with Crippen molar-refractivity contribution in [1.29, 1.82) is 0 Å². The molecule has 1 aliphatic carbocycles. The Bertz CT molecular complexity index is 2090. The molecular formula is C42H50MgN4O5-2. The van der Waals surface area contributed by atoms with Crippen molar-refractivity contribution >= 4 is 58.6 Å². The zero-order valence-electron chi connectivity index (χ0n) is 32.1. The molecule has 3 aromatic heterocycles. The molecule has 9 nitrogen and oxygen atoms in total. The number of methoxy groups -OCH3 is 1. The Kier molecular flexibility index (Phi) is 12.3. The molecule has 1 N–H and O–H groups in total. The number of hydrogen-bond donors (Lipinski definition) is 1. The Balaban J connectivity index is 0.00000523. The molecule has 52 heavy (non-hydrogen) atoms. The predicted octanol–water partition coefficient (Wildman–Crippen LogP) is 5.44. The summed E-state index contributed by atoms with van der Waals surface area (Å²) in [5.41, 5.74) is 11.6. The Morgan fingerprint density at radius 3 is 2.31 bits per heavy atom. The number of ether oxygens (including phenoxy) is 2. The average Bonchev–Trinajstić information content (AvgIpc) is 3.84. The number of ketones is 1. The second-order valence-electron chi connectivity index (χ2n) is 14.2. The first-order chi connectivity index (χ1) is 24.4. The van der Waals surface area contributed by atoms with Gasteiger partial charge in [0.05, 0.1) is 13.7 Å². The molecule has 8 bridgehead atoms. The van der Waals surface area contributed by atoms with Gasteiger partial charge in [0.25, 0.3) is 0 Å². The van der Waals surface area contributed by atoms with Crippen LogP contribution in [0.3, 0.4) is 0 Å². The van der Waals surface area contributed by atoms with E-state index >= 15 is 0 Å². The topological polar surface area (TPSA) is 129 Å². The monoisotopic (exact) mass is 714 g/mol. The van der Waals surface area contributed by atoms with E-state index < -0.39 is 18.2 Å². The maximum Gasteiger partial charge on any atom is 2.00 e. The van der Waals surface area contributed by atoms with Crippen LogP contribution in [0.4, 0.5) is 0 Å². The molecule has 0 aromatic carbocycles. The zero-order valence-corrected chi connectivity index (χ0v) is 33.6. The molecule has 3 aromatic rings. The first-order valence-electron chi connectivity index (χ1n) is 18.4. The Morgan fingerprint density at radius 1 is 0.942 bits per heavy atom. The van der Waals surface area contributed by atoms with Crippen LogP contribution in [-0.2, 0) is 27.1 Å². The molecule has 3 aliphatic rings. The molecule has 4 atom stereocenters. The van der Waals surface area contributed by atoms with Gasteiger partial charge in [-0.1, -0.05) is 97.4 Å². The van der Waals surface area contributed by atoms with Gasteiger partial charge in [-0.2, -0.15) is 11.4 Å². The fourth-order valence-corrected chi connectivity index (χ4v) is 8.07. The first-order valence-corrected chi connectivity index (χ1v) is 18.4. The van der Waals surface area contributed by atoms with Crippen LogP contribution >= 0.6 is 0 Å². The molecule has 1 fully saturated rings. The molecule has 10 heteroatoms. The van der Waals surface area contributed by atoms with Crippen LogP contribution in [-0.4, -0.2) is 59.9 Å². The van der Waals surface area contributed by atoms with Crippen LogP contribution in [0.25, 0.3) is 29.1 Å². The second kappa shape index (κ2) is 16.2. The minimum Gasteiger partial charge on any atom is -0.664 e. The summed E-state index contributed by atoms with van der Waals surface area (Å²) in [6, 6.07) is 0. The number of hydrogen-bond acceptors (Lipinski definition) is 5. The van der Waals surface area contributed by atoms with E-state index in [-0.39, 0.29) is 40.7 Å². The van der Waals surface area contributed by atoms with Crippen molar-refractivity contribution in [2.24, 2.45) is 17.8 Å². The normalized spacial score (nSPS) is 23.6. The smallest absolute Gasteiger partial charge is 0.664 e. The van der Waals surface area contributed by atoms with Crippen molar-refractivity contribution in [3.8, 4) is 0 Å². The molecular weight excluding hydrogens is 665 g/mol. The van der Waals surface area contributed by atoms with Gasteiger partial charge < -0.3 is 34.8 Å². The molecule has 6 rings (SSSR count).